The molecule has 0 radical (unpaired) electrons. The monoisotopic (exact) mass is 416 g/mol. The number of carbonyl (C=O) groups is 1. The Morgan fingerprint density at radius 1 is 1.32 bits per heavy atom. The third kappa shape index (κ3) is 3.62. The van der Waals surface area contributed by atoms with E-state index in [0.717, 1.165) is 26.4 Å². The topological polar surface area (TPSA) is 91.8 Å². The highest BCUT2D eigenvalue weighted by molar-refractivity contribution is 9.10. The van der Waals surface area contributed by atoms with Gasteiger partial charge in [-0.05, 0) is 39.7 Å². The maximum Gasteiger partial charge on any atom is 0.229 e. The summed E-state index contributed by atoms with van der Waals surface area (Å²) in [6.07, 6.45) is 3.86. The van der Waals surface area contributed by atoms with Crippen LogP contribution in [0.5, 0.6) is 0 Å². The van der Waals surface area contributed by atoms with Crippen LogP contribution in [0.25, 0.3) is 0 Å². The molecule has 0 saturated carbocycles. The summed E-state index contributed by atoms with van der Waals surface area (Å²) in [5, 5.41) is 12.2. The van der Waals surface area contributed by atoms with E-state index < -0.39 is 0 Å². The molecule has 3 N–H and O–H groups in total. The van der Waals surface area contributed by atoms with Crippen molar-refractivity contribution < 1.29 is 4.79 Å². The standard InChI is InChI=1S/C16H13BrN6OS/c17-11-7-20-16(23-15(11)19-8-14-18-3-4-25-14)21-10-1-2-12-9(5-10)6-13(24)22-12/h1-5,7H,6,8H2,(H,22,24)(H2,19,20,21,23). The number of nitrogens with zero attached hydrogens (tertiary/aromatic N) is 3. The van der Waals surface area contributed by atoms with Crippen molar-refractivity contribution in [2.75, 3.05) is 16.0 Å². The first-order valence-corrected chi connectivity index (χ1v) is 9.19. The Morgan fingerprint density at radius 3 is 3.08 bits per heavy atom. The Labute approximate surface area is 156 Å². The van der Waals surface area contributed by atoms with Crippen LogP contribution in [0.15, 0.2) is 40.4 Å². The molecule has 1 aliphatic rings. The lowest BCUT2D eigenvalue weighted by atomic mass is 10.1. The normalized spacial score (nSPS) is 12.6. The zero-order chi connectivity index (χ0) is 17.2. The van der Waals surface area contributed by atoms with Crippen molar-refractivity contribution in [3.8, 4) is 0 Å². The lowest BCUT2D eigenvalue weighted by molar-refractivity contribution is -0.115. The summed E-state index contributed by atoms with van der Waals surface area (Å²) < 4.78 is 0.776. The highest BCUT2D eigenvalue weighted by Crippen LogP contribution is 2.28. The Morgan fingerprint density at radius 2 is 2.24 bits per heavy atom. The molecule has 0 atom stereocenters. The van der Waals surface area contributed by atoms with Gasteiger partial charge in [-0.1, -0.05) is 0 Å². The number of amides is 1. The Kier molecular flexibility index (Phi) is 4.33. The number of aromatic nitrogens is 3. The Bertz CT molecular complexity index is 930. The lowest BCUT2D eigenvalue weighted by Crippen LogP contribution is -2.05. The third-order valence-electron chi connectivity index (χ3n) is 3.62. The minimum absolute atomic E-state index is 0.0146. The van der Waals surface area contributed by atoms with Crippen molar-refractivity contribution in [1.29, 1.82) is 0 Å². The van der Waals surface area contributed by atoms with Crippen LogP contribution in [0.3, 0.4) is 0 Å². The van der Waals surface area contributed by atoms with Crippen molar-refractivity contribution >= 4 is 56.3 Å². The first-order valence-electron chi connectivity index (χ1n) is 7.52. The molecular weight excluding hydrogens is 404 g/mol. The van der Waals surface area contributed by atoms with Crippen LogP contribution < -0.4 is 16.0 Å². The van der Waals surface area contributed by atoms with Gasteiger partial charge in [0.25, 0.3) is 0 Å². The fraction of sp³-hybridized carbons (Fsp3) is 0.125. The zero-order valence-electron chi connectivity index (χ0n) is 12.9. The molecule has 3 heterocycles. The number of anilines is 4. The summed E-state index contributed by atoms with van der Waals surface area (Å²) >= 11 is 5.03. The largest absolute Gasteiger partial charge is 0.362 e. The second-order valence-electron chi connectivity index (χ2n) is 5.39. The van der Waals surface area contributed by atoms with E-state index in [1.54, 1.807) is 23.7 Å². The number of halogens is 1. The number of thiazole rings is 1. The second-order valence-corrected chi connectivity index (χ2v) is 7.22. The highest BCUT2D eigenvalue weighted by Gasteiger charge is 2.17. The molecule has 1 aromatic carbocycles. The van der Waals surface area contributed by atoms with E-state index in [4.69, 9.17) is 0 Å². The van der Waals surface area contributed by atoms with Crippen molar-refractivity contribution in [1.82, 2.24) is 15.0 Å². The van der Waals surface area contributed by atoms with Gasteiger partial charge in [-0.25, -0.2) is 9.97 Å². The number of benzene rings is 1. The maximum atomic E-state index is 11.4. The molecule has 0 aliphatic carbocycles. The fourth-order valence-corrected chi connectivity index (χ4v) is 3.37. The van der Waals surface area contributed by atoms with E-state index in [0.29, 0.717) is 24.7 Å². The number of hydrogen-bond acceptors (Lipinski definition) is 7. The van der Waals surface area contributed by atoms with Crippen LogP contribution in [-0.4, -0.2) is 20.9 Å². The Hall–Kier alpha value is -2.52. The molecule has 1 aliphatic heterocycles. The maximum absolute atomic E-state index is 11.4. The molecule has 0 unspecified atom stereocenters. The summed E-state index contributed by atoms with van der Waals surface area (Å²) in [6, 6.07) is 5.70. The van der Waals surface area contributed by atoms with Crippen LogP contribution in [-0.2, 0) is 17.8 Å². The van der Waals surface area contributed by atoms with Gasteiger partial charge >= 0.3 is 0 Å². The summed E-state index contributed by atoms with van der Waals surface area (Å²) in [5.41, 5.74) is 2.66. The number of rotatable bonds is 5. The molecule has 1 amide bonds. The predicted molar refractivity (Wildman–Crippen MR) is 101 cm³/mol. The van der Waals surface area contributed by atoms with Crippen LogP contribution in [0.2, 0.25) is 0 Å². The van der Waals surface area contributed by atoms with Crippen molar-refractivity contribution in [3.63, 3.8) is 0 Å². The SMILES string of the molecule is O=C1Cc2cc(Nc3ncc(Br)c(NCc4nccs4)n3)ccc2N1. The molecule has 9 heteroatoms. The number of nitrogens with one attached hydrogen (secondary N) is 3. The van der Waals surface area contributed by atoms with Crippen molar-refractivity contribution in [2.45, 2.75) is 13.0 Å². The summed E-state index contributed by atoms with van der Waals surface area (Å²) in [4.78, 5) is 24.5. The molecule has 0 spiro atoms. The van der Waals surface area contributed by atoms with Gasteiger partial charge in [0.1, 0.15) is 10.8 Å². The molecule has 0 bridgehead atoms. The zero-order valence-corrected chi connectivity index (χ0v) is 15.3. The molecule has 4 rings (SSSR count). The Balaban J connectivity index is 1.50. The van der Waals surface area contributed by atoms with Crippen molar-refractivity contribution in [3.05, 3.63) is 51.0 Å². The molecule has 126 valence electrons. The van der Waals surface area contributed by atoms with Gasteiger partial charge < -0.3 is 16.0 Å². The van der Waals surface area contributed by atoms with Gasteiger partial charge in [0, 0.05) is 29.1 Å². The van der Waals surface area contributed by atoms with Gasteiger partial charge in [0.2, 0.25) is 11.9 Å². The molecule has 0 fully saturated rings. The summed E-state index contributed by atoms with van der Waals surface area (Å²) in [6.45, 7) is 0.597. The number of hydrogen-bond donors (Lipinski definition) is 3. The molecule has 2 aromatic heterocycles. The van der Waals surface area contributed by atoms with Gasteiger partial charge in [-0.15, -0.1) is 11.3 Å². The summed E-state index contributed by atoms with van der Waals surface area (Å²) in [5.74, 6) is 1.17. The van der Waals surface area contributed by atoms with E-state index >= 15 is 0 Å². The minimum Gasteiger partial charge on any atom is -0.362 e. The molecular formula is C16H13BrN6OS. The van der Waals surface area contributed by atoms with E-state index in [1.807, 2.05) is 23.6 Å². The minimum atomic E-state index is 0.0146. The number of carbonyl (C=O) groups excluding carboxylic acids is 1. The van der Waals surface area contributed by atoms with Crippen LogP contribution in [0, 0.1) is 0 Å². The van der Waals surface area contributed by atoms with Crippen molar-refractivity contribution in [2.24, 2.45) is 0 Å². The first kappa shape index (κ1) is 16.0. The average molecular weight is 417 g/mol. The van der Waals surface area contributed by atoms with E-state index in [1.165, 1.54) is 0 Å². The molecule has 7 nitrogen and oxygen atoms in total. The van der Waals surface area contributed by atoms with E-state index in [2.05, 4.69) is 46.8 Å². The van der Waals surface area contributed by atoms with E-state index in [-0.39, 0.29) is 5.91 Å². The van der Waals surface area contributed by atoms with Crippen LogP contribution in [0.4, 0.5) is 23.1 Å². The van der Waals surface area contributed by atoms with Crippen LogP contribution in [0.1, 0.15) is 10.6 Å². The van der Waals surface area contributed by atoms with Gasteiger partial charge in [0.15, 0.2) is 0 Å². The average Bonchev–Trinajstić information content (AvgIpc) is 3.23. The lowest BCUT2D eigenvalue weighted by Gasteiger charge is -2.10. The highest BCUT2D eigenvalue weighted by atomic mass is 79.9. The summed E-state index contributed by atoms with van der Waals surface area (Å²) in [7, 11) is 0. The first-order chi connectivity index (χ1) is 12.2. The van der Waals surface area contributed by atoms with Crippen LogP contribution >= 0.6 is 27.3 Å². The smallest absolute Gasteiger partial charge is 0.229 e. The predicted octanol–water partition coefficient (Wildman–Crippen LogP) is 3.55. The van der Waals surface area contributed by atoms with Gasteiger partial charge in [0.05, 0.1) is 17.4 Å². The number of fused-ring (bicyclic) bond motifs is 1. The molecule has 3 aromatic rings. The molecule has 25 heavy (non-hydrogen) atoms. The third-order valence-corrected chi connectivity index (χ3v) is 4.98. The molecule has 0 saturated heterocycles. The van der Waals surface area contributed by atoms with Gasteiger partial charge in [-0.2, -0.15) is 4.98 Å². The van der Waals surface area contributed by atoms with E-state index in [9.17, 15) is 4.79 Å². The fourth-order valence-electron chi connectivity index (χ4n) is 2.49. The quantitative estimate of drug-likeness (QED) is 0.588. The second kappa shape index (κ2) is 6.77. The van der Waals surface area contributed by atoms with Gasteiger partial charge in [-0.3, -0.25) is 4.79 Å².